The maximum atomic E-state index is 13.0. The van der Waals surface area contributed by atoms with E-state index in [0.29, 0.717) is 0 Å². The number of carbonyl (C=O) groups excluding carboxylic acids is 3. The lowest BCUT2D eigenvalue weighted by atomic mass is 9.73. The molecule has 0 aliphatic heterocycles. The molecule has 9 nitrogen and oxygen atoms in total. The molecule has 2 aliphatic carbocycles. The highest BCUT2D eigenvalue weighted by atomic mass is 79.9. The minimum atomic E-state index is -3.85. The summed E-state index contributed by atoms with van der Waals surface area (Å²) in [7, 11) is -3.85. The molecule has 2 saturated carbocycles. The van der Waals surface area contributed by atoms with Crippen LogP contribution in [-0.2, 0) is 38.2 Å². The summed E-state index contributed by atoms with van der Waals surface area (Å²) in [6.45, 7) is 4.00. The van der Waals surface area contributed by atoms with Gasteiger partial charge in [0, 0.05) is 37.1 Å². The second kappa shape index (κ2) is 13.6. The highest BCUT2D eigenvalue weighted by Gasteiger charge is 2.56. The fraction of sp³-hybridized carbons (Fsp3) is 0.640. The van der Waals surface area contributed by atoms with Crippen LogP contribution >= 0.6 is 15.9 Å². The quantitative estimate of drug-likeness (QED) is 0.158. The monoisotopic (exact) mass is 661 g/mol. The van der Waals surface area contributed by atoms with E-state index in [1.807, 2.05) is 0 Å². The molecule has 0 bridgehead atoms. The maximum absolute atomic E-state index is 13.0. The molecular weight excluding hydrogens is 630 g/mol. The van der Waals surface area contributed by atoms with Crippen LogP contribution in [0.25, 0.3) is 0 Å². The average Bonchev–Trinajstić information content (AvgIpc) is 2.80. The third-order valence-electron chi connectivity index (χ3n) is 6.14. The summed E-state index contributed by atoms with van der Waals surface area (Å²) < 4.78 is 89.8. The lowest BCUT2D eigenvalue weighted by molar-refractivity contribution is -0.173. The summed E-state index contributed by atoms with van der Waals surface area (Å²) in [4.78, 5) is 35.9. The number of alkyl halides is 4. The predicted octanol–water partition coefficient (Wildman–Crippen LogP) is 4.62. The van der Waals surface area contributed by atoms with E-state index in [1.165, 1.54) is 12.1 Å². The van der Waals surface area contributed by atoms with Crippen molar-refractivity contribution in [3.05, 3.63) is 28.7 Å². The first-order valence-electron chi connectivity index (χ1n) is 12.5. The molecule has 15 heteroatoms. The Morgan fingerprint density at radius 2 is 1.38 bits per heavy atom. The van der Waals surface area contributed by atoms with Crippen molar-refractivity contribution in [2.24, 2.45) is 11.8 Å². The first kappa shape index (κ1) is 33.9. The van der Waals surface area contributed by atoms with Crippen LogP contribution in [0, 0.1) is 11.8 Å². The van der Waals surface area contributed by atoms with E-state index in [2.05, 4.69) is 21.2 Å². The minimum Gasteiger partial charge on any atom is -0.464 e. The van der Waals surface area contributed by atoms with Crippen LogP contribution in [0.2, 0.25) is 0 Å². The molecule has 2 aliphatic rings. The van der Waals surface area contributed by atoms with Crippen molar-refractivity contribution in [1.82, 2.24) is 5.32 Å². The summed E-state index contributed by atoms with van der Waals surface area (Å²) in [5.41, 5.74) is -2.07. The number of hydrogen-bond donors (Lipinski definition) is 1. The number of halogens is 5. The lowest BCUT2D eigenvalue weighted by Crippen LogP contribution is -2.63. The Hall–Kier alpha value is -2.26. The topological polar surface area (TPSA) is 125 Å². The molecular formula is C25H32BrF4NO8S. The van der Waals surface area contributed by atoms with E-state index >= 15 is 0 Å². The Kier molecular flexibility index (Phi) is 11.5. The van der Waals surface area contributed by atoms with Gasteiger partial charge in [-0.3, -0.25) is 8.98 Å². The van der Waals surface area contributed by atoms with Crippen LogP contribution in [0.1, 0.15) is 52.9 Å². The maximum Gasteiger partial charge on any atom is 0.343 e. The number of amides is 1. The van der Waals surface area contributed by atoms with Crippen LogP contribution in [0.3, 0.4) is 0 Å². The molecule has 0 heterocycles. The van der Waals surface area contributed by atoms with Gasteiger partial charge in [0.25, 0.3) is 10.1 Å². The van der Waals surface area contributed by atoms with Gasteiger partial charge in [0.15, 0.2) is 0 Å². The summed E-state index contributed by atoms with van der Waals surface area (Å²) in [5.74, 6) is -9.03. The van der Waals surface area contributed by atoms with Crippen LogP contribution in [-0.4, -0.2) is 63.5 Å². The standard InChI is InChI=1S/C14H21F2NO5.C11H11BrF2O3S/c1-4-21-11(19)14(17-9(3)18,12(20)22-5-2)8-10-6-13(15,16)7-10;12-9-1-3-10(4-2-9)18(15,16)17-7-8-5-11(13,14)6-8/h10H,4-8H2,1-3H3,(H,17,18);1-4,8H,5-7H2. The van der Waals surface area contributed by atoms with Gasteiger partial charge in [-0.15, -0.1) is 0 Å². The number of hydrogen-bond acceptors (Lipinski definition) is 8. The van der Waals surface area contributed by atoms with E-state index in [9.17, 15) is 40.4 Å². The van der Waals surface area contributed by atoms with Gasteiger partial charge >= 0.3 is 11.9 Å². The van der Waals surface area contributed by atoms with Gasteiger partial charge in [-0.25, -0.2) is 27.2 Å². The first-order valence-corrected chi connectivity index (χ1v) is 14.7. The fourth-order valence-corrected chi connectivity index (χ4v) is 5.57. The Labute approximate surface area is 238 Å². The molecule has 0 saturated heterocycles. The smallest absolute Gasteiger partial charge is 0.343 e. The molecule has 0 atom stereocenters. The van der Waals surface area contributed by atoms with E-state index in [-0.39, 0.29) is 49.9 Å². The zero-order valence-electron chi connectivity index (χ0n) is 22.2. The third-order valence-corrected chi connectivity index (χ3v) is 7.97. The summed E-state index contributed by atoms with van der Waals surface area (Å²) in [6.07, 6.45) is -1.74. The van der Waals surface area contributed by atoms with Crippen LogP contribution < -0.4 is 5.32 Å². The van der Waals surface area contributed by atoms with E-state index in [0.717, 1.165) is 11.4 Å². The van der Waals surface area contributed by atoms with Gasteiger partial charge in [-0.2, -0.15) is 8.42 Å². The van der Waals surface area contributed by atoms with Crippen LogP contribution in [0.5, 0.6) is 0 Å². The molecule has 0 aromatic heterocycles. The van der Waals surface area contributed by atoms with Crippen LogP contribution in [0.4, 0.5) is 17.6 Å². The Morgan fingerprint density at radius 1 is 0.925 bits per heavy atom. The van der Waals surface area contributed by atoms with Crippen LogP contribution in [0.15, 0.2) is 33.6 Å². The molecule has 0 radical (unpaired) electrons. The number of rotatable bonds is 11. The fourth-order valence-electron chi connectivity index (χ4n) is 4.33. The molecule has 2 fully saturated rings. The van der Waals surface area contributed by atoms with Crippen molar-refractivity contribution in [2.75, 3.05) is 19.8 Å². The Morgan fingerprint density at radius 3 is 1.77 bits per heavy atom. The largest absolute Gasteiger partial charge is 0.464 e. The summed E-state index contributed by atoms with van der Waals surface area (Å²) in [5, 5.41) is 2.26. The van der Waals surface area contributed by atoms with Gasteiger partial charge in [-0.1, -0.05) is 15.9 Å². The van der Waals surface area contributed by atoms with Crippen molar-refractivity contribution < 1.29 is 54.0 Å². The number of esters is 2. The van der Waals surface area contributed by atoms with Crippen molar-refractivity contribution >= 4 is 43.9 Å². The van der Waals surface area contributed by atoms with Gasteiger partial charge in [0.05, 0.1) is 24.7 Å². The molecule has 40 heavy (non-hydrogen) atoms. The molecule has 1 aromatic rings. The Bertz CT molecular complexity index is 1130. The second-order valence-corrected chi connectivity index (χ2v) is 12.2. The third kappa shape index (κ3) is 9.40. The predicted molar refractivity (Wildman–Crippen MR) is 137 cm³/mol. The van der Waals surface area contributed by atoms with Gasteiger partial charge in [0.1, 0.15) is 0 Å². The Balaban J connectivity index is 0.000000285. The SMILES string of the molecule is CCOC(=O)C(CC1CC(F)(F)C1)(NC(C)=O)C(=O)OCC.O=S(=O)(OCC1CC(F)(F)C1)c1ccc(Br)cc1. The van der Waals surface area contributed by atoms with E-state index < -0.39 is 64.1 Å². The normalized spacial score (nSPS) is 18.3. The highest BCUT2D eigenvalue weighted by Crippen LogP contribution is 2.46. The van der Waals surface area contributed by atoms with Gasteiger partial charge < -0.3 is 14.8 Å². The number of carbonyl (C=O) groups is 3. The zero-order valence-corrected chi connectivity index (χ0v) is 24.6. The number of nitrogens with one attached hydrogen (secondary N) is 1. The van der Waals surface area contributed by atoms with E-state index in [4.69, 9.17) is 13.7 Å². The van der Waals surface area contributed by atoms with Gasteiger partial charge in [-0.05, 0) is 56.4 Å². The lowest BCUT2D eigenvalue weighted by Gasteiger charge is -2.40. The molecule has 0 spiro atoms. The molecule has 226 valence electrons. The molecule has 1 amide bonds. The zero-order chi connectivity index (χ0) is 30.4. The average molecular weight is 662 g/mol. The van der Waals surface area contributed by atoms with Crippen molar-refractivity contribution in [3.63, 3.8) is 0 Å². The summed E-state index contributed by atoms with van der Waals surface area (Å²) in [6, 6.07) is 5.95. The minimum absolute atomic E-state index is 0.0135. The number of benzene rings is 1. The molecule has 1 N–H and O–H groups in total. The first-order chi connectivity index (χ1) is 18.4. The van der Waals surface area contributed by atoms with Crippen molar-refractivity contribution in [1.29, 1.82) is 0 Å². The number of ether oxygens (including phenoxy) is 2. The highest BCUT2D eigenvalue weighted by molar-refractivity contribution is 9.10. The molecule has 1 aromatic carbocycles. The van der Waals surface area contributed by atoms with E-state index in [1.54, 1.807) is 26.0 Å². The molecule has 0 unspecified atom stereocenters. The summed E-state index contributed by atoms with van der Waals surface area (Å²) >= 11 is 3.19. The molecule has 3 rings (SSSR count). The van der Waals surface area contributed by atoms with Crippen molar-refractivity contribution in [3.8, 4) is 0 Å². The second-order valence-electron chi connectivity index (χ2n) is 9.68. The van der Waals surface area contributed by atoms with Crippen molar-refractivity contribution in [2.45, 2.75) is 75.2 Å². The van der Waals surface area contributed by atoms with Gasteiger partial charge in [0.2, 0.25) is 23.3 Å².